The van der Waals surface area contributed by atoms with Gasteiger partial charge in [0.1, 0.15) is 0 Å². The second-order valence-corrected chi connectivity index (χ2v) is 5.97. The summed E-state index contributed by atoms with van der Waals surface area (Å²) in [6.45, 7) is 5.62. The third-order valence-corrected chi connectivity index (χ3v) is 4.10. The zero-order valence-electron chi connectivity index (χ0n) is 11.6. The molecule has 1 rings (SSSR count). The van der Waals surface area contributed by atoms with Crippen molar-refractivity contribution in [1.29, 1.82) is 0 Å². The Hall–Kier alpha value is -0.880. The molecule has 0 fully saturated rings. The molecule has 0 saturated heterocycles. The molecule has 0 heterocycles. The van der Waals surface area contributed by atoms with Crippen LogP contribution in [0.1, 0.15) is 30.6 Å². The first kappa shape index (κ1) is 17.2. The highest BCUT2D eigenvalue weighted by molar-refractivity contribution is 9.11. The van der Waals surface area contributed by atoms with Crippen molar-refractivity contribution in [3.05, 3.63) is 32.7 Å². The summed E-state index contributed by atoms with van der Waals surface area (Å²) in [5, 5.41) is 2.76. The highest BCUT2D eigenvalue weighted by atomic mass is 79.9. The molecule has 0 aliphatic heterocycles. The molecule has 0 atom stereocenters. The van der Waals surface area contributed by atoms with Crippen molar-refractivity contribution < 1.29 is 9.59 Å². The summed E-state index contributed by atoms with van der Waals surface area (Å²) in [5.74, 6) is -0.130. The number of carbonyl (C=O) groups is 2. The maximum absolute atomic E-state index is 12.0. The average Bonchev–Trinajstić information content (AvgIpc) is 2.42. The highest BCUT2D eigenvalue weighted by Gasteiger charge is 2.12. The monoisotopic (exact) mass is 404 g/mol. The summed E-state index contributed by atoms with van der Waals surface area (Å²) in [7, 11) is 0. The van der Waals surface area contributed by atoms with E-state index in [0.29, 0.717) is 31.6 Å². The van der Waals surface area contributed by atoms with E-state index in [4.69, 9.17) is 0 Å². The number of nitrogens with zero attached hydrogens (tertiary/aromatic N) is 1. The molecule has 6 heteroatoms. The Balaban J connectivity index is 2.52. The van der Waals surface area contributed by atoms with Crippen molar-refractivity contribution in [3.8, 4) is 0 Å². The first-order valence-electron chi connectivity index (χ1n) is 6.50. The molecule has 20 heavy (non-hydrogen) atoms. The summed E-state index contributed by atoms with van der Waals surface area (Å²) >= 11 is 6.67. The van der Waals surface area contributed by atoms with E-state index in [1.165, 1.54) is 0 Å². The molecule has 0 unspecified atom stereocenters. The molecule has 0 saturated carbocycles. The smallest absolute Gasteiger partial charge is 0.252 e. The number of amides is 2. The van der Waals surface area contributed by atoms with Crippen LogP contribution >= 0.6 is 31.9 Å². The molecule has 4 nitrogen and oxygen atoms in total. The van der Waals surface area contributed by atoms with Gasteiger partial charge in [-0.3, -0.25) is 9.59 Å². The van der Waals surface area contributed by atoms with Crippen LogP contribution in [0.25, 0.3) is 0 Å². The highest BCUT2D eigenvalue weighted by Crippen LogP contribution is 2.21. The van der Waals surface area contributed by atoms with Gasteiger partial charge in [0.25, 0.3) is 5.91 Å². The van der Waals surface area contributed by atoms with Gasteiger partial charge in [0.15, 0.2) is 0 Å². The van der Waals surface area contributed by atoms with Crippen molar-refractivity contribution in [1.82, 2.24) is 10.2 Å². The predicted octanol–water partition coefficient (Wildman–Crippen LogP) is 3.20. The van der Waals surface area contributed by atoms with E-state index in [9.17, 15) is 9.59 Å². The molecule has 0 aliphatic carbocycles. The molecular formula is C14H18Br2N2O2. The normalized spacial score (nSPS) is 10.2. The fourth-order valence-corrected chi connectivity index (χ4v) is 2.57. The van der Waals surface area contributed by atoms with E-state index in [1.54, 1.807) is 17.0 Å². The number of hydrogen-bond acceptors (Lipinski definition) is 2. The minimum atomic E-state index is -0.189. The fraction of sp³-hybridized carbons (Fsp3) is 0.429. The van der Waals surface area contributed by atoms with Crippen LogP contribution in [-0.2, 0) is 4.79 Å². The summed E-state index contributed by atoms with van der Waals surface area (Å²) in [4.78, 5) is 25.6. The Morgan fingerprint density at radius 3 is 2.45 bits per heavy atom. The van der Waals surface area contributed by atoms with E-state index >= 15 is 0 Å². The van der Waals surface area contributed by atoms with Gasteiger partial charge < -0.3 is 10.2 Å². The second kappa shape index (κ2) is 8.42. The number of carbonyl (C=O) groups excluding carboxylic acids is 2. The van der Waals surface area contributed by atoms with E-state index in [0.717, 1.165) is 8.95 Å². The lowest BCUT2D eigenvalue weighted by Crippen LogP contribution is -2.34. The van der Waals surface area contributed by atoms with Gasteiger partial charge in [-0.25, -0.2) is 0 Å². The van der Waals surface area contributed by atoms with Crippen molar-refractivity contribution in [2.75, 3.05) is 19.6 Å². The first-order valence-corrected chi connectivity index (χ1v) is 8.09. The Labute approximate surface area is 136 Å². The van der Waals surface area contributed by atoms with Crippen molar-refractivity contribution in [2.45, 2.75) is 20.3 Å². The van der Waals surface area contributed by atoms with Gasteiger partial charge in [-0.05, 0) is 48.0 Å². The summed E-state index contributed by atoms with van der Waals surface area (Å²) in [6, 6.07) is 5.40. The van der Waals surface area contributed by atoms with Crippen LogP contribution in [0.15, 0.2) is 27.1 Å². The van der Waals surface area contributed by atoms with Gasteiger partial charge in [0.05, 0.1) is 5.56 Å². The lowest BCUT2D eigenvalue weighted by Gasteiger charge is -2.18. The molecule has 2 amide bonds. The molecule has 110 valence electrons. The molecule has 0 spiro atoms. The zero-order chi connectivity index (χ0) is 15.1. The molecule has 0 radical (unpaired) electrons. The number of hydrogen-bond donors (Lipinski definition) is 1. The van der Waals surface area contributed by atoms with Gasteiger partial charge >= 0.3 is 0 Å². The molecule has 1 aromatic carbocycles. The van der Waals surface area contributed by atoms with Crippen LogP contribution in [0, 0.1) is 0 Å². The zero-order valence-corrected chi connectivity index (χ0v) is 14.8. The Kier molecular flexibility index (Phi) is 7.23. The number of rotatable bonds is 6. The second-order valence-electron chi connectivity index (χ2n) is 4.20. The summed E-state index contributed by atoms with van der Waals surface area (Å²) in [5.41, 5.74) is 0.551. The standard InChI is InChI=1S/C14H18Br2N2O2/c1-3-18(4-2)13(19)7-8-17-14(20)11-9-10(15)5-6-12(11)16/h5-6,9H,3-4,7-8H2,1-2H3,(H,17,20). The minimum absolute atomic E-state index is 0.0589. The van der Waals surface area contributed by atoms with E-state index in [-0.39, 0.29) is 11.8 Å². The van der Waals surface area contributed by atoms with Gasteiger partial charge in [-0.15, -0.1) is 0 Å². The van der Waals surface area contributed by atoms with Crippen molar-refractivity contribution >= 4 is 43.7 Å². The molecule has 1 aromatic rings. The van der Waals surface area contributed by atoms with Gasteiger partial charge in [0, 0.05) is 35.0 Å². The predicted molar refractivity (Wildman–Crippen MR) is 86.7 cm³/mol. The van der Waals surface area contributed by atoms with Gasteiger partial charge in [-0.2, -0.15) is 0 Å². The average molecular weight is 406 g/mol. The fourth-order valence-electron chi connectivity index (χ4n) is 1.78. The Morgan fingerprint density at radius 2 is 1.85 bits per heavy atom. The van der Waals surface area contributed by atoms with Crippen LogP contribution in [0.3, 0.4) is 0 Å². The van der Waals surface area contributed by atoms with Crippen LogP contribution in [0.2, 0.25) is 0 Å². The largest absolute Gasteiger partial charge is 0.351 e. The third kappa shape index (κ3) is 4.90. The van der Waals surface area contributed by atoms with Gasteiger partial charge in [0.2, 0.25) is 5.91 Å². The van der Waals surface area contributed by atoms with E-state index in [1.807, 2.05) is 19.9 Å². The van der Waals surface area contributed by atoms with E-state index < -0.39 is 0 Å². The Bertz CT molecular complexity index is 488. The Morgan fingerprint density at radius 1 is 1.20 bits per heavy atom. The molecule has 0 aromatic heterocycles. The van der Waals surface area contributed by atoms with Crippen LogP contribution < -0.4 is 5.32 Å². The van der Waals surface area contributed by atoms with Crippen LogP contribution in [-0.4, -0.2) is 36.3 Å². The van der Waals surface area contributed by atoms with Crippen LogP contribution in [0.5, 0.6) is 0 Å². The quantitative estimate of drug-likeness (QED) is 0.789. The maximum Gasteiger partial charge on any atom is 0.252 e. The van der Waals surface area contributed by atoms with Crippen molar-refractivity contribution in [2.24, 2.45) is 0 Å². The minimum Gasteiger partial charge on any atom is -0.351 e. The number of nitrogens with one attached hydrogen (secondary N) is 1. The maximum atomic E-state index is 12.0. The molecule has 0 aliphatic rings. The lowest BCUT2D eigenvalue weighted by atomic mass is 10.2. The molecule has 0 bridgehead atoms. The summed E-state index contributed by atoms with van der Waals surface area (Å²) in [6.07, 6.45) is 0.318. The third-order valence-electron chi connectivity index (χ3n) is 2.91. The SMILES string of the molecule is CCN(CC)C(=O)CCNC(=O)c1cc(Br)ccc1Br. The van der Waals surface area contributed by atoms with Crippen LogP contribution in [0.4, 0.5) is 0 Å². The first-order chi connectivity index (χ1) is 9.49. The number of benzene rings is 1. The van der Waals surface area contributed by atoms with Gasteiger partial charge in [-0.1, -0.05) is 15.9 Å². The van der Waals surface area contributed by atoms with Crippen molar-refractivity contribution in [3.63, 3.8) is 0 Å². The van der Waals surface area contributed by atoms with E-state index in [2.05, 4.69) is 37.2 Å². The summed E-state index contributed by atoms with van der Waals surface area (Å²) < 4.78 is 1.57. The molecule has 1 N–H and O–H groups in total. The lowest BCUT2D eigenvalue weighted by molar-refractivity contribution is -0.130. The number of halogens is 2. The molecular weight excluding hydrogens is 388 g/mol. The topological polar surface area (TPSA) is 49.4 Å².